The molecule has 2 aromatic rings. The summed E-state index contributed by atoms with van der Waals surface area (Å²) in [5.41, 5.74) is 9.08. The molecule has 0 bridgehead atoms. The lowest BCUT2D eigenvalue weighted by Gasteiger charge is -2.19. The Morgan fingerprint density at radius 3 is 2.50 bits per heavy atom. The Labute approximate surface area is 113 Å². The van der Waals surface area contributed by atoms with E-state index in [0.29, 0.717) is 5.56 Å². The summed E-state index contributed by atoms with van der Waals surface area (Å²) in [6.45, 7) is 1.77. The zero-order valence-electron chi connectivity index (χ0n) is 10.6. The summed E-state index contributed by atoms with van der Waals surface area (Å²) in [5, 5.41) is 0. The third-order valence-electron chi connectivity index (χ3n) is 2.94. The van der Waals surface area contributed by atoms with Gasteiger partial charge in [-0.2, -0.15) is 0 Å². The monoisotopic (exact) mass is 282 g/mol. The highest BCUT2D eigenvalue weighted by atomic mass is 19.2. The molecule has 1 aromatic heterocycles. The smallest absolute Gasteiger partial charge is 0.194 e. The molecule has 7 heteroatoms. The average Bonchev–Trinajstić information content (AvgIpc) is 2.43. The van der Waals surface area contributed by atoms with Crippen molar-refractivity contribution in [1.82, 2.24) is 10.4 Å². The largest absolute Gasteiger partial charge is 0.383 e. The molecule has 106 valence electrons. The van der Waals surface area contributed by atoms with E-state index in [0.717, 1.165) is 17.7 Å². The number of hydrogen-bond acceptors (Lipinski definition) is 4. The molecule has 0 aliphatic rings. The number of halogens is 3. The number of nitrogens with one attached hydrogen (secondary N) is 1. The van der Waals surface area contributed by atoms with Gasteiger partial charge in [0.25, 0.3) is 0 Å². The highest BCUT2D eigenvalue weighted by molar-refractivity contribution is 5.47. The van der Waals surface area contributed by atoms with Crippen LogP contribution in [0, 0.1) is 24.4 Å². The maximum atomic E-state index is 13.8. The van der Waals surface area contributed by atoms with Crippen molar-refractivity contribution in [2.75, 3.05) is 5.73 Å². The van der Waals surface area contributed by atoms with Crippen molar-refractivity contribution in [3.05, 3.63) is 58.5 Å². The third kappa shape index (κ3) is 2.45. The molecule has 1 aromatic carbocycles. The van der Waals surface area contributed by atoms with E-state index < -0.39 is 23.5 Å². The van der Waals surface area contributed by atoms with Crippen LogP contribution in [0.5, 0.6) is 0 Å². The number of nitrogens with zero attached hydrogens (tertiary/aromatic N) is 1. The van der Waals surface area contributed by atoms with Gasteiger partial charge in [0.1, 0.15) is 5.82 Å². The molecule has 0 saturated heterocycles. The Morgan fingerprint density at radius 2 is 1.85 bits per heavy atom. The lowest BCUT2D eigenvalue weighted by Crippen LogP contribution is -2.30. The number of anilines is 1. The standard InChI is InChI=1S/C13H13F3N4/c1-6-4-8(13(17)19-5-6)12(20-18)7-2-3-9(14)11(16)10(7)15/h2-5,12,20H,18H2,1H3,(H2,17,19). The average molecular weight is 282 g/mol. The molecule has 0 radical (unpaired) electrons. The van der Waals surface area contributed by atoms with Crippen molar-refractivity contribution < 1.29 is 13.2 Å². The molecule has 4 nitrogen and oxygen atoms in total. The molecule has 0 aliphatic heterocycles. The molecule has 0 spiro atoms. The Bertz CT molecular complexity index is 646. The number of aromatic nitrogens is 1. The van der Waals surface area contributed by atoms with Crippen molar-refractivity contribution in [3.8, 4) is 0 Å². The summed E-state index contributed by atoms with van der Waals surface area (Å²) in [7, 11) is 0. The van der Waals surface area contributed by atoms with Crippen LogP contribution in [-0.4, -0.2) is 4.98 Å². The molecule has 1 unspecified atom stereocenters. The maximum absolute atomic E-state index is 13.8. The lowest BCUT2D eigenvalue weighted by atomic mass is 9.98. The zero-order valence-corrected chi connectivity index (χ0v) is 10.6. The molecule has 0 aliphatic carbocycles. The molecule has 1 atom stereocenters. The van der Waals surface area contributed by atoms with Crippen molar-refractivity contribution in [2.24, 2.45) is 5.84 Å². The van der Waals surface area contributed by atoms with Crippen LogP contribution in [0.15, 0.2) is 24.4 Å². The van der Waals surface area contributed by atoms with E-state index in [4.69, 9.17) is 11.6 Å². The Balaban J connectivity index is 2.58. The second-order valence-corrected chi connectivity index (χ2v) is 4.35. The Kier molecular flexibility index (Phi) is 3.91. The van der Waals surface area contributed by atoms with E-state index in [1.54, 1.807) is 13.0 Å². The summed E-state index contributed by atoms with van der Waals surface area (Å²) in [6.07, 6.45) is 1.54. The highest BCUT2D eigenvalue weighted by Crippen LogP contribution is 2.29. The lowest BCUT2D eigenvalue weighted by molar-refractivity contribution is 0.433. The van der Waals surface area contributed by atoms with Crippen LogP contribution in [0.3, 0.4) is 0 Å². The minimum atomic E-state index is -1.55. The number of hydrogen-bond donors (Lipinski definition) is 3. The van der Waals surface area contributed by atoms with Gasteiger partial charge in [-0.05, 0) is 24.6 Å². The van der Waals surface area contributed by atoms with Crippen LogP contribution in [0.1, 0.15) is 22.7 Å². The van der Waals surface area contributed by atoms with Crippen LogP contribution < -0.4 is 17.0 Å². The van der Waals surface area contributed by atoms with E-state index in [1.165, 1.54) is 6.20 Å². The molecular weight excluding hydrogens is 269 g/mol. The van der Waals surface area contributed by atoms with Gasteiger partial charge < -0.3 is 5.73 Å². The first-order valence-corrected chi connectivity index (χ1v) is 5.77. The van der Waals surface area contributed by atoms with Crippen LogP contribution in [-0.2, 0) is 0 Å². The van der Waals surface area contributed by atoms with E-state index in [1.807, 2.05) is 0 Å². The molecule has 2 rings (SSSR count). The fourth-order valence-electron chi connectivity index (χ4n) is 1.94. The third-order valence-corrected chi connectivity index (χ3v) is 2.94. The summed E-state index contributed by atoms with van der Waals surface area (Å²) in [6, 6.07) is 2.66. The van der Waals surface area contributed by atoms with Crippen molar-refractivity contribution in [3.63, 3.8) is 0 Å². The van der Waals surface area contributed by atoms with Crippen LogP contribution >= 0.6 is 0 Å². The van der Waals surface area contributed by atoms with Crippen LogP contribution in [0.2, 0.25) is 0 Å². The molecule has 0 amide bonds. The second-order valence-electron chi connectivity index (χ2n) is 4.35. The predicted octanol–water partition coefficient (Wildman–Crippen LogP) is 1.94. The first kappa shape index (κ1) is 14.3. The molecular formula is C13H13F3N4. The summed E-state index contributed by atoms with van der Waals surface area (Å²) in [5.74, 6) is 1.39. The van der Waals surface area contributed by atoms with Gasteiger partial charge in [-0.3, -0.25) is 5.84 Å². The van der Waals surface area contributed by atoms with E-state index in [-0.39, 0.29) is 11.4 Å². The fourth-order valence-corrected chi connectivity index (χ4v) is 1.94. The van der Waals surface area contributed by atoms with Gasteiger partial charge in [-0.15, -0.1) is 0 Å². The number of aryl methyl sites for hydroxylation is 1. The minimum absolute atomic E-state index is 0.127. The normalized spacial score (nSPS) is 12.4. The minimum Gasteiger partial charge on any atom is -0.383 e. The van der Waals surface area contributed by atoms with Gasteiger partial charge in [0.05, 0.1) is 6.04 Å². The van der Waals surface area contributed by atoms with E-state index >= 15 is 0 Å². The highest BCUT2D eigenvalue weighted by Gasteiger charge is 2.23. The molecule has 0 fully saturated rings. The number of hydrazine groups is 1. The topological polar surface area (TPSA) is 77.0 Å². The fraction of sp³-hybridized carbons (Fsp3) is 0.154. The first-order chi connectivity index (χ1) is 9.45. The summed E-state index contributed by atoms with van der Waals surface area (Å²) < 4.78 is 40.1. The number of benzene rings is 1. The van der Waals surface area contributed by atoms with E-state index in [9.17, 15) is 13.2 Å². The maximum Gasteiger partial charge on any atom is 0.194 e. The van der Waals surface area contributed by atoms with Gasteiger partial charge in [-0.25, -0.2) is 23.6 Å². The number of nitrogen functional groups attached to an aromatic ring is 1. The predicted molar refractivity (Wildman–Crippen MR) is 68.9 cm³/mol. The van der Waals surface area contributed by atoms with Crippen LogP contribution in [0.4, 0.5) is 19.0 Å². The number of nitrogens with two attached hydrogens (primary N) is 2. The van der Waals surface area contributed by atoms with Crippen molar-refractivity contribution in [2.45, 2.75) is 13.0 Å². The first-order valence-electron chi connectivity index (χ1n) is 5.77. The van der Waals surface area contributed by atoms with Gasteiger partial charge >= 0.3 is 0 Å². The van der Waals surface area contributed by atoms with Crippen molar-refractivity contribution in [1.29, 1.82) is 0 Å². The Morgan fingerprint density at radius 1 is 1.15 bits per heavy atom. The summed E-state index contributed by atoms with van der Waals surface area (Å²) >= 11 is 0. The number of rotatable bonds is 3. The molecule has 0 saturated carbocycles. The van der Waals surface area contributed by atoms with Gasteiger partial charge in [0.15, 0.2) is 17.5 Å². The van der Waals surface area contributed by atoms with Gasteiger partial charge in [-0.1, -0.05) is 6.07 Å². The summed E-state index contributed by atoms with van der Waals surface area (Å²) in [4.78, 5) is 3.93. The number of pyridine rings is 1. The zero-order chi connectivity index (χ0) is 14.9. The second kappa shape index (κ2) is 5.48. The quantitative estimate of drug-likeness (QED) is 0.457. The Hall–Kier alpha value is -2.12. The van der Waals surface area contributed by atoms with E-state index in [2.05, 4.69) is 10.4 Å². The molecule has 20 heavy (non-hydrogen) atoms. The van der Waals surface area contributed by atoms with Crippen molar-refractivity contribution >= 4 is 5.82 Å². The van der Waals surface area contributed by atoms with Gasteiger partial charge in [0.2, 0.25) is 0 Å². The van der Waals surface area contributed by atoms with Crippen LogP contribution in [0.25, 0.3) is 0 Å². The SMILES string of the molecule is Cc1cnc(N)c(C(NN)c2ccc(F)c(F)c2F)c1. The van der Waals surface area contributed by atoms with Gasteiger partial charge in [0, 0.05) is 17.3 Å². The molecule has 1 heterocycles. The molecule has 5 N–H and O–H groups in total.